The number of carbonyl (C=O) groups is 1. The molecule has 1 saturated heterocycles. The minimum Gasteiger partial charge on any atom is -0.390 e. The number of amides is 1. The highest BCUT2D eigenvalue weighted by molar-refractivity contribution is 5.84. The largest absolute Gasteiger partial charge is 0.417 e. The summed E-state index contributed by atoms with van der Waals surface area (Å²) < 4.78 is 43.9. The summed E-state index contributed by atoms with van der Waals surface area (Å²) in [6.07, 6.45) is 3.00. The Labute approximate surface area is 193 Å². The molecule has 4 aliphatic rings. The molecular formula is C25H35F3N2O3. The van der Waals surface area contributed by atoms with E-state index in [-0.39, 0.29) is 24.0 Å². The third kappa shape index (κ3) is 5.06. The van der Waals surface area contributed by atoms with E-state index in [1.165, 1.54) is 6.07 Å². The number of aromatic nitrogens is 1. The van der Waals surface area contributed by atoms with Crippen LogP contribution in [0.25, 0.3) is 0 Å². The van der Waals surface area contributed by atoms with E-state index in [4.69, 9.17) is 9.84 Å². The highest BCUT2D eigenvalue weighted by Gasteiger charge is 2.55. The number of nitrogens with zero attached hydrogens (tertiary/aromatic N) is 2. The Kier molecular flexibility index (Phi) is 7.06. The summed E-state index contributed by atoms with van der Waals surface area (Å²) in [5.74, 6) is 1.62. The lowest BCUT2D eigenvalue weighted by Gasteiger charge is -2.37. The lowest BCUT2D eigenvalue weighted by Crippen LogP contribution is -2.46. The van der Waals surface area contributed by atoms with Crippen LogP contribution in [0.4, 0.5) is 13.2 Å². The first-order chi connectivity index (χ1) is 15.6. The highest BCUT2D eigenvalue weighted by Crippen LogP contribution is 2.57. The van der Waals surface area contributed by atoms with Crippen molar-refractivity contribution in [1.82, 2.24) is 9.88 Å². The molecule has 3 fully saturated rings. The summed E-state index contributed by atoms with van der Waals surface area (Å²) in [5.41, 5.74) is 0.252. The number of hydrogen-bond acceptors (Lipinski definition) is 4. The van der Waals surface area contributed by atoms with E-state index in [1.807, 2.05) is 6.92 Å². The molecule has 2 saturated carbocycles. The number of hydrogen-bond donors (Lipinski definition) is 1. The maximum Gasteiger partial charge on any atom is 0.417 e. The van der Waals surface area contributed by atoms with Crippen molar-refractivity contribution in [2.45, 2.75) is 77.6 Å². The van der Waals surface area contributed by atoms with Crippen LogP contribution in [-0.2, 0) is 28.7 Å². The Balaban J connectivity index is 0.000000275. The average molecular weight is 469 g/mol. The molecule has 1 aromatic rings. The zero-order valence-electron chi connectivity index (χ0n) is 19.5. The molecule has 2 aliphatic carbocycles. The summed E-state index contributed by atoms with van der Waals surface area (Å²) in [4.78, 5) is 19.1. The fourth-order valence-electron chi connectivity index (χ4n) is 6.22. The Morgan fingerprint density at radius 1 is 1.30 bits per heavy atom. The van der Waals surface area contributed by atoms with Gasteiger partial charge in [-0.2, -0.15) is 13.2 Å². The molecular weight excluding hydrogens is 433 g/mol. The predicted octanol–water partition coefficient (Wildman–Crippen LogP) is 4.61. The maximum absolute atomic E-state index is 13.3. The van der Waals surface area contributed by atoms with Crippen molar-refractivity contribution in [1.29, 1.82) is 0 Å². The van der Waals surface area contributed by atoms with Crippen molar-refractivity contribution >= 4 is 5.91 Å². The molecule has 33 heavy (non-hydrogen) atoms. The lowest BCUT2D eigenvalue weighted by atomic mass is 9.78. The maximum atomic E-state index is 13.3. The Bertz CT molecular complexity index is 852. The van der Waals surface area contributed by atoms with Crippen molar-refractivity contribution in [2.24, 2.45) is 23.2 Å². The van der Waals surface area contributed by atoms with Crippen molar-refractivity contribution in [3.63, 3.8) is 0 Å². The fourth-order valence-corrected chi connectivity index (χ4v) is 6.22. The van der Waals surface area contributed by atoms with Crippen LogP contribution in [0.2, 0.25) is 0 Å². The summed E-state index contributed by atoms with van der Waals surface area (Å²) in [6.45, 7) is 6.42. The number of fused-ring (bicyclic) bond motifs is 2. The van der Waals surface area contributed by atoms with Gasteiger partial charge in [-0.15, -0.1) is 0 Å². The molecule has 2 aliphatic heterocycles. The molecule has 3 unspecified atom stereocenters. The van der Waals surface area contributed by atoms with Gasteiger partial charge < -0.3 is 14.7 Å². The number of aliphatic hydroxyl groups excluding tert-OH is 1. The van der Waals surface area contributed by atoms with Crippen LogP contribution < -0.4 is 0 Å². The van der Waals surface area contributed by atoms with Crippen LogP contribution in [0.3, 0.4) is 0 Å². The van der Waals surface area contributed by atoms with Gasteiger partial charge in [-0.3, -0.25) is 9.78 Å². The average Bonchev–Trinajstić information content (AvgIpc) is 3.31. The van der Waals surface area contributed by atoms with Gasteiger partial charge >= 0.3 is 6.18 Å². The van der Waals surface area contributed by atoms with E-state index < -0.39 is 11.7 Å². The first-order valence-electron chi connectivity index (χ1n) is 12.2. The van der Waals surface area contributed by atoms with Crippen LogP contribution in [0.1, 0.15) is 69.2 Å². The molecule has 184 valence electrons. The molecule has 5 nitrogen and oxygen atoms in total. The van der Waals surface area contributed by atoms with Crippen LogP contribution in [-0.4, -0.2) is 46.8 Å². The van der Waals surface area contributed by atoms with Crippen molar-refractivity contribution in [3.8, 4) is 0 Å². The number of halogens is 3. The van der Waals surface area contributed by atoms with E-state index in [1.54, 1.807) is 4.90 Å². The van der Waals surface area contributed by atoms with Crippen molar-refractivity contribution < 1.29 is 27.8 Å². The molecule has 0 bridgehead atoms. The molecule has 1 N–H and O–H groups in total. The fraction of sp³-hybridized carbons (Fsp3) is 0.760. The Morgan fingerprint density at radius 3 is 2.76 bits per heavy atom. The topological polar surface area (TPSA) is 62.7 Å². The van der Waals surface area contributed by atoms with Gasteiger partial charge in [0.15, 0.2) is 0 Å². The molecule has 3 heterocycles. The second-order valence-corrected chi connectivity index (χ2v) is 10.5. The monoisotopic (exact) mass is 468 g/mol. The second kappa shape index (κ2) is 9.53. The van der Waals surface area contributed by atoms with Crippen LogP contribution in [0.5, 0.6) is 0 Å². The number of pyridine rings is 1. The van der Waals surface area contributed by atoms with E-state index in [2.05, 4.69) is 11.9 Å². The van der Waals surface area contributed by atoms with Crippen LogP contribution >= 0.6 is 0 Å². The normalized spacial score (nSPS) is 33.7. The van der Waals surface area contributed by atoms with Gasteiger partial charge in [0.1, 0.15) is 0 Å². The molecule has 5 rings (SSSR count). The SMILES string of the molecule is CC1CC2CCCC2(C(=O)N2CCc3ncc(C(F)(F)F)cc3C2)C1.C[C@@H]1CCOC[C@@H]1O. The van der Waals surface area contributed by atoms with Gasteiger partial charge in [-0.05, 0) is 61.5 Å². The summed E-state index contributed by atoms with van der Waals surface area (Å²) in [5, 5.41) is 9.05. The summed E-state index contributed by atoms with van der Waals surface area (Å²) in [6, 6.07) is 1.17. The molecule has 1 amide bonds. The summed E-state index contributed by atoms with van der Waals surface area (Å²) >= 11 is 0. The third-order valence-electron chi connectivity index (χ3n) is 8.10. The van der Waals surface area contributed by atoms with Gasteiger partial charge in [-0.1, -0.05) is 20.3 Å². The first-order valence-corrected chi connectivity index (χ1v) is 12.2. The predicted molar refractivity (Wildman–Crippen MR) is 117 cm³/mol. The van der Waals surface area contributed by atoms with Gasteiger partial charge in [-0.25, -0.2) is 0 Å². The van der Waals surface area contributed by atoms with E-state index in [9.17, 15) is 18.0 Å². The Morgan fingerprint density at radius 2 is 2.09 bits per heavy atom. The van der Waals surface area contributed by atoms with Gasteiger partial charge in [0, 0.05) is 38.0 Å². The Hall–Kier alpha value is -1.67. The van der Waals surface area contributed by atoms with Crippen molar-refractivity contribution in [3.05, 3.63) is 29.1 Å². The van der Waals surface area contributed by atoms with Gasteiger partial charge in [0.25, 0.3) is 0 Å². The lowest BCUT2D eigenvalue weighted by molar-refractivity contribution is -0.144. The van der Waals surface area contributed by atoms with Crippen LogP contribution in [0, 0.1) is 23.2 Å². The standard InChI is InChI=1S/C19H23F3N2O.C6H12O2/c1-12-7-14-3-2-5-18(14,9-12)17(25)24-6-4-16-13(11-24)8-15(10-23-16)19(20,21)22;1-5-2-3-8-4-6(5)7/h8,10,12,14H,2-7,9,11H2,1H3;5-7H,2-4H2,1H3/t;5-,6+/m.1/s1. The van der Waals surface area contributed by atoms with E-state index in [0.717, 1.165) is 51.3 Å². The van der Waals surface area contributed by atoms with Crippen LogP contribution in [0.15, 0.2) is 12.3 Å². The van der Waals surface area contributed by atoms with E-state index >= 15 is 0 Å². The zero-order chi connectivity index (χ0) is 23.8. The minimum atomic E-state index is -4.40. The molecule has 0 spiro atoms. The number of carbonyl (C=O) groups excluding carboxylic acids is 1. The quantitative estimate of drug-likeness (QED) is 0.654. The number of alkyl halides is 3. The second-order valence-electron chi connectivity index (χ2n) is 10.5. The number of rotatable bonds is 1. The summed E-state index contributed by atoms with van der Waals surface area (Å²) in [7, 11) is 0. The molecule has 1 aromatic heterocycles. The smallest absolute Gasteiger partial charge is 0.390 e. The third-order valence-corrected chi connectivity index (χ3v) is 8.10. The molecule has 8 heteroatoms. The van der Waals surface area contributed by atoms with E-state index in [0.29, 0.717) is 48.6 Å². The van der Waals surface area contributed by atoms with Gasteiger partial charge in [0.05, 0.1) is 23.7 Å². The van der Waals surface area contributed by atoms with Gasteiger partial charge in [0.2, 0.25) is 5.91 Å². The molecule has 0 radical (unpaired) electrons. The first kappa shape index (κ1) is 24.5. The zero-order valence-corrected chi connectivity index (χ0v) is 19.5. The van der Waals surface area contributed by atoms with Crippen molar-refractivity contribution in [2.75, 3.05) is 19.8 Å². The number of ether oxygens (including phenoxy) is 1. The molecule has 5 atom stereocenters. The molecule has 0 aromatic carbocycles. The highest BCUT2D eigenvalue weighted by atomic mass is 19.4. The minimum absolute atomic E-state index is 0.169. The number of aliphatic hydroxyl groups is 1.